The van der Waals surface area contributed by atoms with Crippen LogP contribution in [0.2, 0.25) is 0 Å². The Kier molecular flexibility index (Phi) is 5.09. The van der Waals surface area contributed by atoms with Crippen molar-refractivity contribution in [2.24, 2.45) is 0 Å². The molecular formula is C14H10F6N2O2S. The second kappa shape index (κ2) is 6.64. The molecule has 1 aromatic carbocycles. The van der Waals surface area contributed by atoms with Gasteiger partial charge in [0.05, 0.1) is 11.1 Å². The van der Waals surface area contributed by atoms with Gasteiger partial charge in [0.1, 0.15) is 4.90 Å². The van der Waals surface area contributed by atoms with Crippen LogP contribution in [-0.4, -0.2) is 13.4 Å². The first kappa shape index (κ1) is 19.2. The normalized spacial score (nSPS) is 13.0. The fourth-order valence-corrected chi connectivity index (χ4v) is 2.87. The summed E-state index contributed by atoms with van der Waals surface area (Å²) in [6.07, 6.45) is -7.70. The summed E-state index contributed by atoms with van der Waals surface area (Å²) in [4.78, 5) is 3.32. The van der Waals surface area contributed by atoms with E-state index in [1.54, 1.807) is 0 Å². The molecule has 25 heavy (non-hydrogen) atoms. The van der Waals surface area contributed by atoms with Crippen LogP contribution in [0.25, 0.3) is 0 Å². The summed E-state index contributed by atoms with van der Waals surface area (Å²) in [6.45, 7) is -0.746. The van der Waals surface area contributed by atoms with E-state index < -0.39 is 45.6 Å². The van der Waals surface area contributed by atoms with E-state index in [9.17, 15) is 34.8 Å². The maximum absolute atomic E-state index is 12.8. The highest BCUT2D eigenvalue weighted by Gasteiger charge is 2.36. The third-order valence-corrected chi connectivity index (χ3v) is 4.44. The topological polar surface area (TPSA) is 59.1 Å². The zero-order valence-electron chi connectivity index (χ0n) is 12.2. The Morgan fingerprint density at radius 2 is 1.52 bits per heavy atom. The van der Waals surface area contributed by atoms with E-state index in [1.807, 2.05) is 4.72 Å². The molecule has 0 fully saturated rings. The van der Waals surface area contributed by atoms with Crippen LogP contribution < -0.4 is 4.72 Å². The van der Waals surface area contributed by atoms with Gasteiger partial charge < -0.3 is 0 Å². The number of halogens is 6. The predicted molar refractivity (Wildman–Crippen MR) is 74.7 cm³/mol. The van der Waals surface area contributed by atoms with Gasteiger partial charge >= 0.3 is 12.4 Å². The monoisotopic (exact) mass is 384 g/mol. The molecule has 1 N–H and O–H groups in total. The van der Waals surface area contributed by atoms with Crippen molar-refractivity contribution in [1.82, 2.24) is 9.71 Å². The summed E-state index contributed by atoms with van der Waals surface area (Å²) in [5, 5.41) is 0. The quantitative estimate of drug-likeness (QED) is 0.820. The van der Waals surface area contributed by atoms with Crippen LogP contribution in [0.5, 0.6) is 0 Å². The van der Waals surface area contributed by atoms with Crippen LogP contribution in [0.4, 0.5) is 26.3 Å². The molecule has 0 aliphatic rings. The molecule has 0 saturated carbocycles. The van der Waals surface area contributed by atoms with Crippen LogP contribution in [0.15, 0.2) is 47.6 Å². The second-order valence-corrected chi connectivity index (χ2v) is 6.69. The van der Waals surface area contributed by atoms with Crippen molar-refractivity contribution in [2.75, 3.05) is 0 Å². The minimum atomic E-state index is -5.00. The van der Waals surface area contributed by atoms with Crippen LogP contribution >= 0.6 is 0 Å². The lowest BCUT2D eigenvalue weighted by atomic mass is 10.0. The molecule has 0 atom stereocenters. The van der Waals surface area contributed by atoms with Gasteiger partial charge in [-0.15, -0.1) is 0 Å². The summed E-state index contributed by atoms with van der Waals surface area (Å²) in [6, 6.07) is 3.39. The van der Waals surface area contributed by atoms with E-state index in [0.717, 1.165) is 6.20 Å². The van der Waals surface area contributed by atoms with E-state index in [2.05, 4.69) is 4.98 Å². The second-order valence-electron chi connectivity index (χ2n) is 4.93. The SMILES string of the molecule is O=S(=O)(NCc1cc(C(F)(F)F)cc(C(F)(F)F)c1)c1cccnc1. The molecule has 0 amide bonds. The standard InChI is InChI=1S/C14H10F6N2O2S/c15-13(16,17)10-4-9(5-11(6-10)14(18,19)20)7-22-25(23,24)12-2-1-3-21-8-12/h1-6,8,22H,7H2. The first-order chi connectivity index (χ1) is 11.4. The Labute approximate surface area is 138 Å². The lowest BCUT2D eigenvalue weighted by Gasteiger charge is -2.14. The zero-order chi connectivity index (χ0) is 18.9. The van der Waals surface area contributed by atoms with E-state index >= 15 is 0 Å². The van der Waals surface area contributed by atoms with Crippen molar-refractivity contribution in [1.29, 1.82) is 0 Å². The lowest BCUT2D eigenvalue weighted by molar-refractivity contribution is -0.143. The molecule has 0 aliphatic carbocycles. The van der Waals surface area contributed by atoms with Crippen LogP contribution in [-0.2, 0) is 28.9 Å². The maximum Gasteiger partial charge on any atom is 0.416 e. The van der Waals surface area contributed by atoms with Crippen molar-refractivity contribution < 1.29 is 34.8 Å². The van der Waals surface area contributed by atoms with Gasteiger partial charge in [0.2, 0.25) is 10.0 Å². The maximum atomic E-state index is 12.8. The molecule has 0 saturated heterocycles. The summed E-state index contributed by atoms with van der Waals surface area (Å²) in [5.41, 5.74) is -3.51. The van der Waals surface area contributed by atoms with Gasteiger partial charge in [-0.3, -0.25) is 4.98 Å². The number of sulfonamides is 1. The molecule has 2 aromatic rings. The van der Waals surface area contributed by atoms with Crippen molar-refractivity contribution in [2.45, 2.75) is 23.8 Å². The molecule has 1 aromatic heterocycles. The molecular weight excluding hydrogens is 374 g/mol. The number of rotatable bonds is 4. The van der Waals surface area contributed by atoms with Gasteiger partial charge in [0, 0.05) is 18.9 Å². The lowest BCUT2D eigenvalue weighted by Crippen LogP contribution is -2.24. The average Bonchev–Trinajstić information content (AvgIpc) is 2.52. The molecule has 1 heterocycles. The van der Waals surface area contributed by atoms with Gasteiger partial charge in [-0.1, -0.05) is 0 Å². The number of pyridine rings is 1. The van der Waals surface area contributed by atoms with E-state index in [-0.39, 0.29) is 11.0 Å². The zero-order valence-corrected chi connectivity index (χ0v) is 13.0. The smallest absolute Gasteiger partial charge is 0.263 e. The first-order valence-corrected chi connectivity index (χ1v) is 8.06. The van der Waals surface area contributed by atoms with Crippen molar-refractivity contribution in [3.8, 4) is 0 Å². The van der Waals surface area contributed by atoms with E-state index in [4.69, 9.17) is 0 Å². The third kappa shape index (κ3) is 4.92. The molecule has 11 heteroatoms. The highest BCUT2D eigenvalue weighted by atomic mass is 32.2. The minimum Gasteiger partial charge on any atom is -0.263 e. The van der Waals surface area contributed by atoms with Gasteiger partial charge in [0.15, 0.2) is 0 Å². The number of nitrogens with zero attached hydrogens (tertiary/aromatic N) is 1. The summed E-state index contributed by atoms with van der Waals surface area (Å²) >= 11 is 0. The summed E-state index contributed by atoms with van der Waals surface area (Å²) in [5.74, 6) is 0. The highest BCUT2D eigenvalue weighted by molar-refractivity contribution is 7.89. The van der Waals surface area contributed by atoms with Crippen LogP contribution in [0.3, 0.4) is 0 Å². The number of aromatic nitrogens is 1. The fraction of sp³-hybridized carbons (Fsp3) is 0.214. The Bertz CT molecular complexity index is 816. The number of benzene rings is 1. The van der Waals surface area contributed by atoms with E-state index in [0.29, 0.717) is 12.1 Å². The molecule has 4 nitrogen and oxygen atoms in total. The number of alkyl halides is 6. The van der Waals surface area contributed by atoms with Crippen molar-refractivity contribution in [3.05, 3.63) is 59.4 Å². The first-order valence-electron chi connectivity index (χ1n) is 6.58. The molecule has 0 aliphatic heterocycles. The third-order valence-electron chi connectivity index (χ3n) is 3.06. The van der Waals surface area contributed by atoms with E-state index in [1.165, 1.54) is 18.3 Å². The summed E-state index contributed by atoms with van der Waals surface area (Å²) in [7, 11) is -4.13. The Hall–Kier alpha value is -2.14. The van der Waals surface area contributed by atoms with Gasteiger partial charge in [-0.2, -0.15) is 26.3 Å². The molecule has 0 bridgehead atoms. The summed E-state index contributed by atoms with van der Waals surface area (Å²) < 4.78 is 102. The van der Waals surface area contributed by atoms with Gasteiger partial charge in [0.25, 0.3) is 0 Å². The highest BCUT2D eigenvalue weighted by Crippen LogP contribution is 2.36. The number of hydrogen-bond acceptors (Lipinski definition) is 3. The Morgan fingerprint density at radius 1 is 0.960 bits per heavy atom. The van der Waals surface area contributed by atoms with Crippen LogP contribution in [0, 0.1) is 0 Å². The molecule has 0 spiro atoms. The van der Waals surface area contributed by atoms with Crippen molar-refractivity contribution in [3.63, 3.8) is 0 Å². The van der Waals surface area contributed by atoms with Gasteiger partial charge in [-0.05, 0) is 35.9 Å². The fourth-order valence-electron chi connectivity index (χ4n) is 1.89. The molecule has 0 radical (unpaired) electrons. The van der Waals surface area contributed by atoms with Crippen LogP contribution in [0.1, 0.15) is 16.7 Å². The average molecular weight is 384 g/mol. The molecule has 0 unspecified atom stereocenters. The Balaban J connectivity index is 2.33. The number of hydrogen-bond donors (Lipinski definition) is 1. The Morgan fingerprint density at radius 3 is 1.96 bits per heavy atom. The molecule has 2 rings (SSSR count). The predicted octanol–water partition coefficient (Wildman–Crippen LogP) is 3.60. The van der Waals surface area contributed by atoms with Gasteiger partial charge in [-0.25, -0.2) is 13.1 Å². The minimum absolute atomic E-state index is 0.0287. The molecule has 136 valence electrons. The van der Waals surface area contributed by atoms with Crippen molar-refractivity contribution >= 4 is 10.0 Å². The largest absolute Gasteiger partial charge is 0.416 e. The number of nitrogens with one attached hydrogen (secondary N) is 1.